The van der Waals surface area contributed by atoms with Gasteiger partial charge in [-0.2, -0.15) is 0 Å². The SMILES string of the molecule is CC(=O)O[C@H]1CC[C@]2(C)C3=CC[C@@]4(C)C(CC[C@@H]4C(C)=O)[C@@]34C=C[C@]2(C1)C1C(=O)OC(=O)C14. The van der Waals surface area contributed by atoms with Gasteiger partial charge in [0.2, 0.25) is 0 Å². The third-order valence-electron chi connectivity index (χ3n) is 10.9. The zero-order chi connectivity index (χ0) is 23.6. The molecule has 6 heteroatoms. The number of fused-ring (bicyclic) bond motifs is 1. The lowest BCUT2D eigenvalue weighted by Gasteiger charge is -2.71. The second kappa shape index (κ2) is 6.25. The van der Waals surface area contributed by atoms with E-state index < -0.39 is 34.6 Å². The van der Waals surface area contributed by atoms with Crippen molar-refractivity contribution in [3.05, 3.63) is 23.8 Å². The fraction of sp³-hybridized carbons (Fsp3) is 0.704. The number of ether oxygens (including phenoxy) is 2. The van der Waals surface area contributed by atoms with Crippen LogP contribution in [-0.4, -0.2) is 29.8 Å². The Morgan fingerprint density at radius 2 is 1.76 bits per heavy atom. The van der Waals surface area contributed by atoms with Crippen molar-refractivity contribution in [3.8, 4) is 0 Å². The lowest BCUT2D eigenvalue weighted by atomic mass is 9.31. The van der Waals surface area contributed by atoms with Crippen molar-refractivity contribution in [3.63, 3.8) is 0 Å². The summed E-state index contributed by atoms with van der Waals surface area (Å²) < 4.78 is 11.0. The first kappa shape index (κ1) is 21.3. The van der Waals surface area contributed by atoms with E-state index in [9.17, 15) is 19.2 Å². The highest BCUT2D eigenvalue weighted by atomic mass is 16.6. The third-order valence-corrected chi connectivity index (χ3v) is 10.9. The van der Waals surface area contributed by atoms with Crippen LogP contribution in [0.25, 0.3) is 0 Å². The van der Waals surface area contributed by atoms with E-state index >= 15 is 0 Å². The molecule has 4 fully saturated rings. The molecule has 2 bridgehead atoms. The Kier molecular flexibility index (Phi) is 4.03. The minimum atomic E-state index is -0.612. The monoisotopic (exact) mass is 452 g/mol. The molecule has 2 spiro atoms. The number of ketones is 1. The zero-order valence-corrected chi connectivity index (χ0v) is 19.8. The number of carbonyl (C=O) groups excluding carboxylic acids is 4. The van der Waals surface area contributed by atoms with Crippen LogP contribution in [0.3, 0.4) is 0 Å². The largest absolute Gasteiger partial charge is 0.463 e. The van der Waals surface area contributed by atoms with Gasteiger partial charge < -0.3 is 9.47 Å². The molecule has 0 radical (unpaired) electrons. The van der Waals surface area contributed by atoms with E-state index in [4.69, 9.17) is 9.47 Å². The van der Waals surface area contributed by atoms with E-state index in [-0.39, 0.29) is 40.5 Å². The number of carbonyl (C=O) groups is 4. The standard InChI is InChI=1S/C27H32O6/c1-14(28)17-5-6-18-24(17,3)9-8-19-25(4)10-7-16(32-15(2)29)13-26(25)11-12-27(18,19)21-20(26)22(30)33-23(21)31/h8,11-12,16-18,20-21H,5-7,9-10,13H2,1-4H3/t16-,17+,18?,20?,21?,24+,25+,26-,27-/m0/s1. The van der Waals surface area contributed by atoms with E-state index in [1.54, 1.807) is 6.92 Å². The van der Waals surface area contributed by atoms with Crippen LogP contribution in [0.5, 0.6) is 0 Å². The molecule has 0 amide bonds. The lowest BCUT2D eigenvalue weighted by Crippen LogP contribution is -2.69. The van der Waals surface area contributed by atoms with Crippen LogP contribution in [0.1, 0.15) is 66.2 Å². The number of hydrogen-bond acceptors (Lipinski definition) is 6. The Balaban J connectivity index is 1.58. The number of allylic oxidation sites excluding steroid dienone is 4. The van der Waals surface area contributed by atoms with Crippen LogP contribution in [-0.2, 0) is 28.7 Å². The molecule has 7 aliphatic rings. The van der Waals surface area contributed by atoms with Gasteiger partial charge in [0.05, 0.1) is 11.8 Å². The van der Waals surface area contributed by atoms with Crippen molar-refractivity contribution in [2.75, 3.05) is 0 Å². The fourth-order valence-electron chi connectivity index (χ4n) is 9.75. The zero-order valence-electron chi connectivity index (χ0n) is 19.8. The summed E-state index contributed by atoms with van der Waals surface area (Å²) in [5, 5.41) is 0. The molecule has 0 N–H and O–H groups in total. The summed E-state index contributed by atoms with van der Waals surface area (Å²) in [6, 6.07) is 0. The quantitative estimate of drug-likeness (QED) is 0.358. The van der Waals surface area contributed by atoms with Crippen LogP contribution in [0.15, 0.2) is 23.8 Å². The Labute approximate surface area is 194 Å². The smallest absolute Gasteiger partial charge is 0.318 e. The van der Waals surface area contributed by atoms with Crippen LogP contribution < -0.4 is 0 Å². The first-order valence-corrected chi connectivity index (χ1v) is 12.4. The molecule has 1 aliphatic heterocycles. The van der Waals surface area contributed by atoms with Gasteiger partial charge in [0.1, 0.15) is 11.9 Å². The van der Waals surface area contributed by atoms with E-state index in [1.165, 1.54) is 12.5 Å². The summed E-state index contributed by atoms with van der Waals surface area (Å²) in [6.07, 6.45) is 11.0. The number of hydrogen-bond donors (Lipinski definition) is 0. The van der Waals surface area contributed by atoms with Gasteiger partial charge in [-0.25, -0.2) is 0 Å². The molecule has 33 heavy (non-hydrogen) atoms. The Morgan fingerprint density at radius 3 is 2.45 bits per heavy atom. The van der Waals surface area contributed by atoms with Gasteiger partial charge in [-0.1, -0.05) is 37.6 Å². The molecule has 6 aliphatic carbocycles. The van der Waals surface area contributed by atoms with Crippen molar-refractivity contribution in [1.82, 2.24) is 0 Å². The summed E-state index contributed by atoms with van der Waals surface area (Å²) in [5.74, 6) is -2.02. The Morgan fingerprint density at radius 1 is 1.03 bits per heavy atom. The maximum atomic E-state index is 13.3. The Bertz CT molecular complexity index is 1070. The number of cyclic esters (lactones) is 2. The van der Waals surface area contributed by atoms with E-state index in [1.807, 2.05) is 0 Å². The van der Waals surface area contributed by atoms with Crippen LogP contribution in [0.2, 0.25) is 0 Å². The molecule has 3 unspecified atom stereocenters. The van der Waals surface area contributed by atoms with Crippen LogP contribution >= 0.6 is 0 Å². The summed E-state index contributed by atoms with van der Waals surface area (Å²) in [4.78, 5) is 51.0. The van der Waals surface area contributed by atoms with Gasteiger partial charge >= 0.3 is 17.9 Å². The first-order valence-electron chi connectivity index (χ1n) is 12.4. The average molecular weight is 453 g/mol. The highest BCUT2D eigenvalue weighted by Crippen LogP contribution is 2.80. The van der Waals surface area contributed by atoms with Crippen molar-refractivity contribution >= 4 is 23.7 Å². The number of rotatable bonds is 2. The topological polar surface area (TPSA) is 86.7 Å². The minimum Gasteiger partial charge on any atom is -0.463 e. The molecule has 176 valence electrons. The highest BCUT2D eigenvalue weighted by molar-refractivity contribution is 5.99. The van der Waals surface area contributed by atoms with E-state index in [2.05, 4.69) is 32.1 Å². The molecule has 3 saturated carbocycles. The third kappa shape index (κ3) is 2.21. The summed E-state index contributed by atoms with van der Waals surface area (Å²) in [5.41, 5.74) is -0.495. The first-order chi connectivity index (χ1) is 15.5. The van der Waals surface area contributed by atoms with Gasteiger partial charge in [-0.05, 0) is 62.2 Å². The van der Waals surface area contributed by atoms with Crippen molar-refractivity contribution < 1.29 is 28.7 Å². The molecule has 0 aromatic carbocycles. The number of esters is 3. The van der Waals surface area contributed by atoms with Crippen molar-refractivity contribution in [2.24, 2.45) is 45.3 Å². The lowest BCUT2D eigenvalue weighted by molar-refractivity contribution is -0.175. The van der Waals surface area contributed by atoms with Crippen molar-refractivity contribution in [1.29, 1.82) is 0 Å². The molecule has 7 rings (SSSR count). The summed E-state index contributed by atoms with van der Waals surface area (Å²) in [7, 11) is 0. The van der Waals surface area contributed by atoms with E-state index in [0.29, 0.717) is 6.42 Å². The average Bonchev–Trinajstić information content (AvgIpc) is 3.25. The van der Waals surface area contributed by atoms with Crippen molar-refractivity contribution in [2.45, 2.75) is 72.3 Å². The normalized spacial score (nSPS) is 51.2. The summed E-state index contributed by atoms with van der Waals surface area (Å²) >= 11 is 0. The molecule has 6 nitrogen and oxygen atoms in total. The molecule has 0 aromatic rings. The summed E-state index contributed by atoms with van der Waals surface area (Å²) in [6.45, 7) is 7.55. The predicted molar refractivity (Wildman–Crippen MR) is 117 cm³/mol. The maximum Gasteiger partial charge on any atom is 0.318 e. The van der Waals surface area contributed by atoms with Gasteiger partial charge in [-0.15, -0.1) is 0 Å². The molecular formula is C27H32O6. The van der Waals surface area contributed by atoms with Crippen LogP contribution in [0.4, 0.5) is 0 Å². The maximum absolute atomic E-state index is 13.3. The highest BCUT2D eigenvalue weighted by Gasteiger charge is 2.79. The second-order valence-electron chi connectivity index (χ2n) is 11.9. The molecule has 9 atom stereocenters. The Hall–Kier alpha value is -2.24. The van der Waals surface area contributed by atoms with E-state index in [0.717, 1.165) is 32.1 Å². The van der Waals surface area contributed by atoms with Gasteiger partial charge in [0.15, 0.2) is 0 Å². The fourth-order valence-corrected chi connectivity index (χ4v) is 9.75. The predicted octanol–water partition coefficient (Wildman–Crippen LogP) is 3.93. The molecule has 1 saturated heterocycles. The second-order valence-corrected chi connectivity index (χ2v) is 11.9. The van der Waals surface area contributed by atoms with Crippen LogP contribution in [0, 0.1) is 45.3 Å². The minimum absolute atomic E-state index is 0.0317. The molecule has 0 aromatic heterocycles. The van der Waals surface area contributed by atoms with Gasteiger partial charge in [-0.3, -0.25) is 19.2 Å². The number of Topliss-reactive ketones (excluding diaryl/α,β-unsaturated/α-hetero) is 1. The molecular weight excluding hydrogens is 420 g/mol. The van der Waals surface area contributed by atoms with Gasteiger partial charge in [0, 0.05) is 23.7 Å². The molecule has 1 heterocycles. The van der Waals surface area contributed by atoms with Gasteiger partial charge in [0.25, 0.3) is 0 Å².